The SMILES string of the molecule is CCc1ccccc1NC(=O)Cc1cnc(-c2ccc(Cl)cc2)[nH]c1=O. The molecule has 3 rings (SSSR count). The summed E-state index contributed by atoms with van der Waals surface area (Å²) in [4.78, 5) is 31.5. The van der Waals surface area contributed by atoms with E-state index in [2.05, 4.69) is 15.3 Å². The summed E-state index contributed by atoms with van der Waals surface area (Å²) in [6, 6.07) is 14.6. The molecule has 0 aliphatic rings. The lowest BCUT2D eigenvalue weighted by molar-refractivity contribution is -0.115. The molecule has 1 heterocycles. The third-order valence-corrected chi connectivity index (χ3v) is 4.27. The molecule has 5 nitrogen and oxygen atoms in total. The number of hydrogen-bond donors (Lipinski definition) is 2. The van der Waals surface area contributed by atoms with Crippen molar-refractivity contribution in [2.45, 2.75) is 19.8 Å². The predicted octanol–water partition coefficient (Wildman–Crippen LogP) is 3.83. The number of hydrogen-bond acceptors (Lipinski definition) is 3. The minimum Gasteiger partial charge on any atom is -0.326 e. The quantitative estimate of drug-likeness (QED) is 0.719. The first-order valence-corrected chi connectivity index (χ1v) is 8.66. The van der Waals surface area contributed by atoms with Crippen LogP contribution in [0, 0.1) is 0 Å². The smallest absolute Gasteiger partial charge is 0.254 e. The first kappa shape index (κ1) is 17.9. The van der Waals surface area contributed by atoms with Crippen molar-refractivity contribution >= 4 is 23.2 Å². The van der Waals surface area contributed by atoms with E-state index in [0.29, 0.717) is 16.4 Å². The number of benzene rings is 2. The van der Waals surface area contributed by atoms with Crippen LogP contribution in [-0.4, -0.2) is 15.9 Å². The highest BCUT2D eigenvalue weighted by Crippen LogP contribution is 2.17. The van der Waals surface area contributed by atoms with Gasteiger partial charge in [0.15, 0.2) is 0 Å². The molecule has 0 saturated heterocycles. The molecule has 3 aromatic rings. The van der Waals surface area contributed by atoms with Crippen molar-refractivity contribution in [2.75, 3.05) is 5.32 Å². The van der Waals surface area contributed by atoms with Crippen molar-refractivity contribution in [3.63, 3.8) is 0 Å². The van der Waals surface area contributed by atoms with Crippen molar-refractivity contribution in [3.05, 3.63) is 81.2 Å². The summed E-state index contributed by atoms with van der Waals surface area (Å²) in [6.45, 7) is 2.02. The van der Waals surface area contributed by atoms with E-state index in [1.807, 2.05) is 31.2 Å². The van der Waals surface area contributed by atoms with Crippen LogP contribution in [0.3, 0.4) is 0 Å². The highest BCUT2D eigenvalue weighted by Gasteiger charge is 2.11. The summed E-state index contributed by atoms with van der Waals surface area (Å²) in [6.07, 6.45) is 2.21. The maximum Gasteiger partial charge on any atom is 0.254 e. The number of carbonyl (C=O) groups is 1. The predicted molar refractivity (Wildman–Crippen MR) is 103 cm³/mol. The summed E-state index contributed by atoms with van der Waals surface area (Å²) in [7, 11) is 0. The number of aromatic nitrogens is 2. The topological polar surface area (TPSA) is 74.8 Å². The van der Waals surface area contributed by atoms with Gasteiger partial charge in [-0.1, -0.05) is 36.7 Å². The van der Waals surface area contributed by atoms with Crippen molar-refractivity contribution in [1.82, 2.24) is 9.97 Å². The molecular weight excluding hydrogens is 350 g/mol. The van der Waals surface area contributed by atoms with E-state index in [0.717, 1.165) is 23.2 Å². The summed E-state index contributed by atoms with van der Waals surface area (Å²) in [5.74, 6) is 0.185. The molecule has 0 fully saturated rings. The summed E-state index contributed by atoms with van der Waals surface area (Å²) in [5.41, 5.74) is 2.55. The van der Waals surface area contributed by atoms with E-state index in [-0.39, 0.29) is 17.9 Å². The van der Waals surface area contributed by atoms with Gasteiger partial charge >= 0.3 is 0 Å². The second kappa shape index (κ2) is 7.97. The fraction of sp³-hybridized carbons (Fsp3) is 0.150. The molecule has 1 amide bonds. The fourth-order valence-corrected chi connectivity index (χ4v) is 2.75. The van der Waals surface area contributed by atoms with Gasteiger partial charge in [0.25, 0.3) is 5.56 Å². The Morgan fingerprint density at radius 1 is 1.12 bits per heavy atom. The summed E-state index contributed by atoms with van der Waals surface area (Å²) >= 11 is 5.86. The van der Waals surface area contributed by atoms with Crippen molar-refractivity contribution in [3.8, 4) is 11.4 Å². The number of rotatable bonds is 5. The van der Waals surface area contributed by atoms with Gasteiger partial charge in [-0.15, -0.1) is 0 Å². The van der Waals surface area contributed by atoms with Gasteiger partial charge in [-0.3, -0.25) is 9.59 Å². The lowest BCUT2D eigenvalue weighted by Crippen LogP contribution is -2.22. The van der Waals surface area contributed by atoms with Crippen molar-refractivity contribution in [1.29, 1.82) is 0 Å². The van der Waals surface area contributed by atoms with Crippen LogP contribution < -0.4 is 10.9 Å². The largest absolute Gasteiger partial charge is 0.326 e. The molecule has 6 heteroatoms. The van der Waals surface area contributed by atoms with Gasteiger partial charge in [-0.25, -0.2) is 4.98 Å². The van der Waals surface area contributed by atoms with Crippen LogP contribution >= 0.6 is 11.6 Å². The summed E-state index contributed by atoms with van der Waals surface area (Å²) < 4.78 is 0. The number of amides is 1. The molecule has 2 N–H and O–H groups in total. The Kier molecular flexibility index (Phi) is 5.49. The van der Waals surface area contributed by atoms with Gasteiger partial charge in [0.2, 0.25) is 5.91 Å². The van der Waals surface area contributed by atoms with E-state index >= 15 is 0 Å². The number of para-hydroxylation sites is 1. The van der Waals surface area contributed by atoms with Gasteiger partial charge in [0.1, 0.15) is 5.82 Å². The van der Waals surface area contributed by atoms with Crippen molar-refractivity contribution < 1.29 is 4.79 Å². The number of nitrogens with zero attached hydrogens (tertiary/aromatic N) is 1. The molecule has 2 aromatic carbocycles. The standard InChI is InChI=1S/C20H18ClN3O2/c1-2-13-5-3-4-6-17(13)23-18(25)11-15-12-22-19(24-20(15)26)14-7-9-16(21)10-8-14/h3-10,12H,2,11H2,1H3,(H,23,25)(H,22,24,26). The molecule has 0 aliphatic heterocycles. The Balaban J connectivity index is 1.75. The molecule has 0 spiro atoms. The van der Waals surface area contributed by atoms with E-state index in [9.17, 15) is 9.59 Å². The van der Waals surface area contributed by atoms with Gasteiger partial charge in [0, 0.05) is 28.0 Å². The number of carbonyl (C=O) groups excluding carboxylic acids is 1. The average molecular weight is 368 g/mol. The number of nitrogens with one attached hydrogen (secondary N) is 2. The molecule has 0 unspecified atom stereocenters. The van der Waals surface area contributed by atoms with Crippen LogP contribution in [0.4, 0.5) is 5.69 Å². The highest BCUT2D eigenvalue weighted by molar-refractivity contribution is 6.30. The number of aryl methyl sites for hydroxylation is 1. The first-order chi connectivity index (χ1) is 12.6. The van der Waals surface area contributed by atoms with Gasteiger partial charge in [0.05, 0.1) is 6.42 Å². The molecule has 1 aromatic heterocycles. The number of anilines is 1. The van der Waals surface area contributed by atoms with Gasteiger partial charge in [-0.05, 0) is 42.3 Å². The van der Waals surface area contributed by atoms with Crippen LogP contribution in [0.2, 0.25) is 5.02 Å². The average Bonchev–Trinajstić information content (AvgIpc) is 2.64. The Bertz CT molecular complexity index is 981. The molecule has 132 valence electrons. The van der Waals surface area contributed by atoms with Crippen molar-refractivity contribution in [2.24, 2.45) is 0 Å². The molecular formula is C20H18ClN3O2. The van der Waals surface area contributed by atoms with Crippen LogP contribution in [0.15, 0.2) is 59.5 Å². The number of H-pyrrole nitrogens is 1. The number of aromatic amines is 1. The first-order valence-electron chi connectivity index (χ1n) is 8.28. The molecule has 0 radical (unpaired) electrons. The Labute approximate surface area is 156 Å². The molecule has 26 heavy (non-hydrogen) atoms. The lowest BCUT2D eigenvalue weighted by atomic mass is 10.1. The molecule has 0 saturated carbocycles. The maximum atomic E-state index is 12.3. The van der Waals surface area contributed by atoms with E-state index in [1.54, 1.807) is 24.3 Å². The van der Waals surface area contributed by atoms with Crippen LogP contribution in [-0.2, 0) is 17.6 Å². The second-order valence-electron chi connectivity index (χ2n) is 5.83. The maximum absolute atomic E-state index is 12.3. The zero-order valence-electron chi connectivity index (χ0n) is 14.3. The third-order valence-electron chi connectivity index (χ3n) is 4.01. The lowest BCUT2D eigenvalue weighted by Gasteiger charge is -2.09. The monoisotopic (exact) mass is 367 g/mol. The van der Waals surface area contributed by atoms with Crippen LogP contribution in [0.5, 0.6) is 0 Å². The van der Waals surface area contributed by atoms with Gasteiger partial charge < -0.3 is 10.3 Å². The normalized spacial score (nSPS) is 10.5. The Hall–Kier alpha value is -2.92. The fourth-order valence-electron chi connectivity index (χ4n) is 2.62. The number of halogens is 1. The van der Waals surface area contributed by atoms with E-state index in [4.69, 9.17) is 11.6 Å². The zero-order valence-corrected chi connectivity index (χ0v) is 15.0. The second-order valence-corrected chi connectivity index (χ2v) is 6.27. The Morgan fingerprint density at radius 3 is 2.54 bits per heavy atom. The molecule has 0 aliphatic carbocycles. The zero-order chi connectivity index (χ0) is 18.5. The van der Waals surface area contributed by atoms with Crippen LogP contribution in [0.1, 0.15) is 18.1 Å². The third kappa shape index (κ3) is 4.18. The molecule has 0 bridgehead atoms. The minimum absolute atomic E-state index is 0.0404. The Morgan fingerprint density at radius 2 is 1.85 bits per heavy atom. The molecule has 0 atom stereocenters. The van der Waals surface area contributed by atoms with Crippen LogP contribution in [0.25, 0.3) is 11.4 Å². The minimum atomic E-state index is -0.330. The highest BCUT2D eigenvalue weighted by atomic mass is 35.5. The van der Waals surface area contributed by atoms with Gasteiger partial charge in [-0.2, -0.15) is 0 Å². The van der Waals surface area contributed by atoms with E-state index < -0.39 is 0 Å². The summed E-state index contributed by atoms with van der Waals surface area (Å²) in [5, 5.41) is 3.46. The van der Waals surface area contributed by atoms with E-state index in [1.165, 1.54) is 6.20 Å².